The summed E-state index contributed by atoms with van der Waals surface area (Å²) in [7, 11) is 0. The Labute approximate surface area is 111 Å². The second-order valence-corrected chi connectivity index (χ2v) is 6.31. The summed E-state index contributed by atoms with van der Waals surface area (Å²) in [6.45, 7) is 16.9. The van der Waals surface area contributed by atoms with Crippen LogP contribution in [0.5, 0.6) is 0 Å². The summed E-state index contributed by atoms with van der Waals surface area (Å²) in [5.41, 5.74) is 0.541. The molecule has 4 atom stereocenters. The molecule has 0 bridgehead atoms. The first-order chi connectivity index (χ1) is 7.97. The second-order valence-electron chi connectivity index (χ2n) is 6.31. The Balaban J connectivity index is 4.83. The third-order valence-electron chi connectivity index (χ3n) is 5.46. The summed E-state index contributed by atoms with van der Waals surface area (Å²) in [6.07, 6.45) is 8.14. The Morgan fingerprint density at radius 2 is 1.41 bits per heavy atom. The van der Waals surface area contributed by atoms with E-state index in [1.807, 2.05) is 0 Å². The van der Waals surface area contributed by atoms with Crippen molar-refractivity contribution in [1.82, 2.24) is 0 Å². The molecule has 0 spiro atoms. The van der Waals surface area contributed by atoms with Gasteiger partial charge in [0.15, 0.2) is 0 Å². The van der Waals surface area contributed by atoms with Gasteiger partial charge in [-0.3, -0.25) is 0 Å². The number of rotatable bonds is 9. The topological polar surface area (TPSA) is 0 Å². The SMILES string of the molecule is CCCC(C)C(C)C(C)(CC)C(CC)CCC. The van der Waals surface area contributed by atoms with E-state index in [1.54, 1.807) is 0 Å². The van der Waals surface area contributed by atoms with E-state index in [0.717, 1.165) is 17.8 Å². The predicted octanol–water partition coefficient (Wildman–Crippen LogP) is 6.30. The van der Waals surface area contributed by atoms with Crippen LogP contribution in [0.25, 0.3) is 0 Å². The van der Waals surface area contributed by atoms with Gasteiger partial charge in [0.05, 0.1) is 0 Å². The van der Waals surface area contributed by atoms with Crippen LogP contribution in [0.15, 0.2) is 0 Å². The smallest absolute Gasteiger partial charge is 0.0272 e. The fraction of sp³-hybridized carbons (Fsp3) is 1.00. The molecule has 0 aromatic heterocycles. The molecule has 0 heteroatoms. The van der Waals surface area contributed by atoms with Crippen LogP contribution in [-0.2, 0) is 0 Å². The van der Waals surface area contributed by atoms with Crippen molar-refractivity contribution < 1.29 is 0 Å². The first-order valence-corrected chi connectivity index (χ1v) is 7.97. The van der Waals surface area contributed by atoms with E-state index in [4.69, 9.17) is 0 Å². The molecule has 0 aromatic rings. The molecule has 104 valence electrons. The lowest BCUT2D eigenvalue weighted by molar-refractivity contribution is 0.0488. The Bertz CT molecular complexity index is 184. The second kappa shape index (κ2) is 8.16. The van der Waals surface area contributed by atoms with E-state index in [0.29, 0.717) is 5.41 Å². The molecule has 0 N–H and O–H groups in total. The average Bonchev–Trinajstić information content (AvgIpc) is 2.34. The van der Waals surface area contributed by atoms with Crippen molar-refractivity contribution in [3.63, 3.8) is 0 Å². The Hall–Kier alpha value is 0. The Morgan fingerprint density at radius 1 is 0.882 bits per heavy atom. The lowest BCUT2D eigenvalue weighted by Gasteiger charge is -2.44. The summed E-state index contributed by atoms with van der Waals surface area (Å²) < 4.78 is 0. The van der Waals surface area contributed by atoms with E-state index in [-0.39, 0.29) is 0 Å². The van der Waals surface area contributed by atoms with Crippen LogP contribution in [0.2, 0.25) is 0 Å². The molecule has 0 saturated heterocycles. The molecule has 0 rings (SSSR count). The van der Waals surface area contributed by atoms with Crippen molar-refractivity contribution in [2.75, 3.05) is 0 Å². The van der Waals surface area contributed by atoms with E-state index in [9.17, 15) is 0 Å². The first kappa shape index (κ1) is 17.0. The van der Waals surface area contributed by atoms with Gasteiger partial charge >= 0.3 is 0 Å². The highest BCUT2D eigenvalue weighted by atomic mass is 14.4. The summed E-state index contributed by atoms with van der Waals surface area (Å²) in [5.74, 6) is 2.63. The zero-order chi connectivity index (χ0) is 13.5. The molecule has 17 heavy (non-hydrogen) atoms. The molecule has 0 saturated carbocycles. The number of hydrogen-bond donors (Lipinski definition) is 0. The van der Waals surface area contributed by atoms with Crippen molar-refractivity contribution in [3.8, 4) is 0 Å². The lowest BCUT2D eigenvalue weighted by atomic mass is 9.61. The third kappa shape index (κ3) is 4.30. The van der Waals surface area contributed by atoms with E-state index >= 15 is 0 Å². The van der Waals surface area contributed by atoms with E-state index in [1.165, 1.54) is 38.5 Å². The van der Waals surface area contributed by atoms with Crippen molar-refractivity contribution >= 4 is 0 Å². The minimum atomic E-state index is 0.541. The highest BCUT2D eigenvalue weighted by Gasteiger charge is 2.38. The van der Waals surface area contributed by atoms with Crippen LogP contribution in [0, 0.1) is 23.2 Å². The summed E-state index contributed by atoms with van der Waals surface area (Å²) in [4.78, 5) is 0. The zero-order valence-corrected chi connectivity index (χ0v) is 13.5. The molecule has 0 aliphatic carbocycles. The van der Waals surface area contributed by atoms with Crippen LogP contribution in [-0.4, -0.2) is 0 Å². The maximum absolute atomic E-state index is 2.55. The summed E-state index contributed by atoms with van der Waals surface area (Å²) in [6, 6.07) is 0. The molecular weight excluding hydrogens is 204 g/mol. The average molecular weight is 240 g/mol. The van der Waals surface area contributed by atoms with Crippen LogP contribution < -0.4 is 0 Å². The maximum atomic E-state index is 2.55. The molecule has 4 unspecified atom stereocenters. The van der Waals surface area contributed by atoms with Gasteiger partial charge in [0.25, 0.3) is 0 Å². The van der Waals surface area contributed by atoms with Gasteiger partial charge in [-0.2, -0.15) is 0 Å². The molecular formula is C17H36. The van der Waals surface area contributed by atoms with Crippen molar-refractivity contribution in [2.45, 2.75) is 87.0 Å². The van der Waals surface area contributed by atoms with Gasteiger partial charge in [-0.05, 0) is 23.2 Å². The van der Waals surface area contributed by atoms with Crippen LogP contribution in [0.1, 0.15) is 87.0 Å². The minimum absolute atomic E-state index is 0.541. The summed E-state index contributed by atoms with van der Waals surface area (Å²) >= 11 is 0. The number of hydrogen-bond acceptors (Lipinski definition) is 0. The van der Waals surface area contributed by atoms with E-state index < -0.39 is 0 Å². The fourth-order valence-corrected chi connectivity index (χ4v) is 3.69. The van der Waals surface area contributed by atoms with Gasteiger partial charge in [0, 0.05) is 0 Å². The molecule has 0 radical (unpaired) electrons. The van der Waals surface area contributed by atoms with Crippen molar-refractivity contribution in [3.05, 3.63) is 0 Å². The highest BCUT2D eigenvalue weighted by Crippen LogP contribution is 2.46. The molecule has 0 heterocycles. The normalized spacial score (nSPS) is 20.6. The largest absolute Gasteiger partial charge is 0.0654 e. The maximum Gasteiger partial charge on any atom is -0.0272 e. The molecule has 0 aromatic carbocycles. The quantitative estimate of drug-likeness (QED) is 0.443. The molecule has 0 fully saturated rings. The highest BCUT2D eigenvalue weighted by molar-refractivity contribution is 4.87. The minimum Gasteiger partial charge on any atom is -0.0654 e. The van der Waals surface area contributed by atoms with Gasteiger partial charge in [-0.1, -0.05) is 87.0 Å². The fourth-order valence-electron chi connectivity index (χ4n) is 3.69. The predicted molar refractivity (Wildman–Crippen MR) is 80.3 cm³/mol. The van der Waals surface area contributed by atoms with E-state index in [2.05, 4.69) is 48.5 Å². The van der Waals surface area contributed by atoms with Crippen LogP contribution in [0.3, 0.4) is 0 Å². The van der Waals surface area contributed by atoms with Crippen LogP contribution >= 0.6 is 0 Å². The molecule has 0 amide bonds. The summed E-state index contributed by atoms with van der Waals surface area (Å²) in [5, 5.41) is 0. The first-order valence-electron chi connectivity index (χ1n) is 7.97. The van der Waals surface area contributed by atoms with Gasteiger partial charge in [0.2, 0.25) is 0 Å². The molecule has 0 nitrogen and oxygen atoms in total. The Morgan fingerprint density at radius 3 is 1.76 bits per heavy atom. The van der Waals surface area contributed by atoms with Gasteiger partial charge in [-0.15, -0.1) is 0 Å². The third-order valence-corrected chi connectivity index (χ3v) is 5.46. The molecule has 0 aliphatic rings. The monoisotopic (exact) mass is 240 g/mol. The van der Waals surface area contributed by atoms with Gasteiger partial charge in [-0.25, -0.2) is 0 Å². The Kier molecular flexibility index (Phi) is 8.16. The van der Waals surface area contributed by atoms with Gasteiger partial charge in [0.1, 0.15) is 0 Å². The zero-order valence-electron chi connectivity index (χ0n) is 13.5. The van der Waals surface area contributed by atoms with Gasteiger partial charge < -0.3 is 0 Å². The molecule has 0 aliphatic heterocycles. The van der Waals surface area contributed by atoms with Crippen molar-refractivity contribution in [1.29, 1.82) is 0 Å². The van der Waals surface area contributed by atoms with Crippen LogP contribution in [0.4, 0.5) is 0 Å². The standard InChI is InChI=1S/C17H36/c1-8-12-14(5)15(6)17(7,11-4)16(10-3)13-9-2/h14-16H,8-13H2,1-7H3. The van der Waals surface area contributed by atoms with Crippen molar-refractivity contribution in [2.24, 2.45) is 23.2 Å². The lowest BCUT2D eigenvalue weighted by Crippen LogP contribution is -2.36.